The third kappa shape index (κ3) is 6.29. The molecule has 0 N–H and O–H groups in total. The largest absolute Gasteiger partial charge is 0.493 e. The minimum atomic E-state index is 0.347. The number of aryl methyl sites for hydroxylation is 1. The first kappa shape index (κ1) is 16.8. The molecule has 0 heterocycles. The maximum atomic E-state index is 5.80. The number of hydrogen-bond donors (Lipinski definition) is 0. The third-order valence-electron chi connectivity index (χ3n) is 3.14. The van der Waals surface area contributed by atoms with E-state index in [1.54, 1.807) is 14.2 Å². The molecule has 0 bridgehead atoms. The zero-order chi connectivity index (χ0) is 15.0. The van der Waals surface area contributed by atoms with Crippen LogP contribution in [0.3, 0.4) is 0 Å². The quantitative estimate of drug-likeness (QED) is 0.671. The van der Waals surface area contributed by atoms with Crippen molar-refractivity contribution in [3.63, 3.8) is 0 Å². The lowest BCUT2D eigenvalue weighted by Crippen LogP contribution is -2.07. The topological polar surface area (TPSA) is 27.7 Å². The summed E-state index contributed by atoms with van der Waals surface area (Å²) in [6, 6.07) is 6.20. The van der Waals surface area contributed by atoms with Gasteiger partial charge in [-0.15, -0.1) is 0 Å². The van der Waals surface area contributed by atoms with Crippen molar-refractivity contribution in [1.29, 1.82) is 0 Å². The summed E-state index contributed by atoms with van der Waals surface area (Å²) >= 11 is 0. The summed E-state index contributed by atoms with van der Waals surface area (Å²) in [6.07, 6.45) is 3.09. The van der Waals surface area contributed by atoms with Crippen LogP contribution in [0.2, 0.25) is 0 Å². The van der Waals surface area contributed by atoms with Crippen LogP contribution >= 0.6 is 0 Å². The standard InChI is InChI=1S/C17H28O3/c1-17(2,3)10-9-14-7-8-15(19-5)16(13-14)20-12-6-11-18-4/h7-8,13H,6,9-12H2,1-5H3. The minimum absolute atomic E-state index is 0.347. The first-order valence-corrected chi connectivity index (χ1v) is 7.25. The van der Waals surface area contributed by atoms with Crippen LogP contribution in [0.15, 0.2) is 18.2 Å². The van der Waals surface area contributed by atoms with Crippen molar-refractivity contribution in [2.45, 2.75) is 40.0 Å². The van der Waals surface area contributed by atoms with E-state index in [9.17, 15) is 0 Å². The number of methoxy groups -OCH3 is 2. The molecule has 1 rings (SSSR count). The predicted molar refractivity (Wildman–Crippen MR) is 82.8 cm³/mol. The highest BCUT2D eigenvalue weighted by molar-refractivity contribution is 5.43. The molecule has 0 amide bonds. The highest BCUT2D eigenvalue weighted by Crippen LogP contribution is 2.30. The Labute approximate surface area is 123 Å². The maximum Gasteiger partial charge on any atom is 0.161 e. The molecule has 0 atom stereocenters. The van der Waals surface area contributed by atoms with E-state index in [1.165, 1.54) is 5.56 Å². The normalized spacial score (nSPS) is 11.4. The molecule has 0 fully saturated rings. The molecule has 3 heteroatoms. The van der Waals surface area contributed by atoms with Crippen LogP contribution in [0.25, 0.3) is 0 Å². The van der Waals surface area contributed by atoms with E-state index in [1.807, 2.05) is 6.07 Å². The van der Waals surface area contributed by atoms with Crippen molar-refractivity contribution < 1.29 is 14.2 Å². The van der Waals surface area contributed by atoms with Crippen LogP contribution in [-0.2, 0) is 11.2 Å². The number of benzene rings is 1. The minimum Gasteiger partial charge on any atom is -0.493 e. The van der Waals surface area contributed by atoms with E-state index >= 15 is 0 Å². The summed E-state index contributed by atoms with van der Waals surface area (Å²) in [6.45, 7) is 8.15. The molecule has 0 saturated heterocycles. The molecule has 0 radical (unpaired) electrons. The van der Waals surface area contributed by atoms with Gasteiger partial charge in [0.25, 0.3) is 0 Å². The van der Waals surface area contributed by atoms with Crippen LogP contribution in [0.4, 0.5) is 0 Å². The SMILES string of the molecule is COCCCOc1cc(CCC(C)(C)C)ccc1OC. The van der Waals surface area contributed by atoms with Crippen molar-refractivity contribution in [1.82, 2.24) is 0 Å². The Morgan fingerprint density at radius 1 is 1.00 bits per heavy atom. The third-order valence-corrected chi connectivity index (χ3v) is 3.14. The molecule has 20 heavy (non-hydrogen) atoms. The summed E-state index contributed by atoms with van der Waals surface area (Å²) in [5.41, 5.74) is 1.64. The Morgan fingerprint density at radius 3 is 2.35 bits per heavy atom. The van der Waals surface area contributed by atoms with Crippen molar-refractivity contribution in [2.24, 2.45) is 5.41 Å². The molecule has 0 saturated carbocycles. The lowest BCUT2D eigenvalue weighted by Gasteiger charge is -2.18. The average Bonchev–Trinajstić information content (AvgIpc) is 2.40. The number of rotatable bonds is 8. The van der Waals surface area contributed by atoms with Gasteiger partial charge in [0.05, 0.1) is 13.7 Å². The van der Waals surface area contributed by atoms with Gasteiger partial charge in [-0.1, -0.05) is 26.8 Å². The van der Waals surface area contributed by atoms with Crippen LogP contribution in [-0.4, -0.2) is 27.4 Å². The number of ether oxygens (including phenoxy) is 3. The van der Waals surface area contributed by atoms with E-state index < -0.39 is 0 Å². The number of hydrogen-bond acceptors (Lipinski definition) is 3. The second-order valence-electron chi connectivity index (χ2n) is 6.24. The molecule has 0 aliphatic carbocycles. The molecule has 1 aromatic carbocycles. The Bertz CT molecular complexity index is 394. The van der Waals surface area contributed by atoms with Gasteiger partial charge in [0.15, 0.2) is 11.5 Å². The fraction of sp³-hybridized carbons (Fsp3) is 0.647. The fourth-order valence-electron chi connectivity index (χ4n) is 1.89. The lowest BCUT2D eigenvalue weighted by molar-refractivity contribution is 0.170. The van der Waals surface area contributed by atoms with Crippen molar-refractivity contribution in [3.05, 3.63) is 23.8 Å². The smallest absolute Gasteiger partial charge is 0.161 e. The highest BCUT2D eigenvalue weighted by Gasteiger charge is 2.11. The van der Waals surface area contributed by atoms with Gasteiger partial charge < -0.3 is 14.2 Å². The Hall–Kier alpha value is -1.22. The molecule has 3 nitrogen and oxygen atoms in total. The second-order valence-corrected chi connectivity index (χ2v) is 6.24. The van der Waals surface area contributed by atoms with Gasteiger partial charge in [-0.25, -0.2) is 0 Å². The summed E-state index contributed by atoms with van der Waals surface area (Å²) in [7, 11) is 3.37. The van der Waals surface area contributed by atoms with E-state index in [0.29, 0.717) is 18.6 Å². The van der Waals surface area contributed by atoms with Crippen molar-refractivity contribution in [3.8, 4) is 11.5 Å². The van der Waals surface area contributed by atoms with E-state index in [4.69, 9.17) is 14.2 Å². The zero-order valence-electron chi connectivity index (χ0n) is 13.5. The van der Waals surface area contributed by atoms with Gasteiger partial charge in [0.1, 0.15) is 0 Å². The van der Waals surface area contributed by atoms with Crippen LogP contribution < -0.4 is 9.47 Å². The predicted octanol–water partition coefficient (Wildman–Crippen LogP) is 4.09. The van der Waals surface area contributed by atoms with Crippen LogP contribution in [0, 0.1) is 5.41 Å². The van der Waals surface area contributed by atoms with Gasteiger partial charge in [0.2, 0.25) is 0 Å². The van der Waals surface area contributed by atoms with Gasteiger partial charge in [-0.05, 0) is 36.0 Å². The lowest BCUT2D eigenvalue weighted by atomic mass is 9.89. The molecule has 0 aliphatic heterocycles. The summed E-state index contributed by atoms with van der Waals surface area (Å²) in [5.74, 6) is 1.62. The Balaban J connectivity index is 2.65. The van der Waals surface area contributed by atoms with E-state index in [2.05, 4.69) is 32.9 Å². The van der Waals surface area contributed by atoms with Crippen molar-refractivity contribution in [2.75, 3.05) is 27.4 Å². The molecule has 0 aliphatic rings. The van der Waals surface area contributed by atoms with Gasteiger partial charge in [-0.2, -0.15) is 0 Å². The molecular weight excluding hydrogens is 252 g/mol. The average molecular weight is 280 g/mol. The molecule has 0 spiro atoms. The van der Waals surface area contributed by atoms with E-state index in [-0.39, 0.29) is 0 Å². The summed E-state index contributed by atoms with van der Waals surface area (Å²) < 4.78 is 16.2. The van der Waals surface area contributed by atoms with Crippen LogP contribution in [0.1, 0.15) is 39.2 Å². The van der Waals surface area contributed by atoms with Gasteiger partial charge in [-0.3, -0.25) is 0 Å². The second kappa shape index (κ2) is 8.15. The molecule has 1 aromatic rings. The molecule has 0 aromatic heterocycles. The highest BCUT2D eigenvalue weighted by atomic mass is 16.5. The monoisotopic (exact) mass is 280 g/mol. The first-order valence-electron chi connectivity index (χ1n) is 7.25. The maximum absolute atomic E-state index is 5.80. The van der Waals surface area contributed by atoms with Gasteiger partial charge >= 0.3 is 0 Å². The van der Waals surface area contributed by atoms with Crippen LogP contribution in [0.5, 0.6) is 11.5 Å². The summed E-state index contributed by atoms with van der Waals surface area (Å²) in [5, 5.41) is 0. The summed E-state index contributed by atoms with van der Waals surface area (Å²) in [4.78, 5) is 0. The molecule has 114 valence electrons. The zero-order valence-corrected chi connectivity index (χ0v) is 13.5. The van der Waals surface area contributed by atoms with E-state index in [0.717, 1.165) is 30.8 Å². The Morgan fingerprint density at radius 2 is 1.75 bits per heavy atom. The molecular formula is C17H28O3. The Kier molecular flexibility index (Phi) is 6.86. The fourth-order valence-corrected chi connectivity index (χ4v) is 1.89. The first-order chi connectivity index (χ1) is 9.46. The molecule has 0 unspecified atom stereocenters. The van der Waals surface area contributed by atoms with Gasteiger partial charge in [0, 0.05) is 20.1 Å². The van der Waals surface area contributed by atoms with Crippen molar-refractivity contribution >= 4 is 0 Å².